The van der Waals surface area contributed by atoms with Crippen LogP contribution >= 0.6 is 34.5 Å². The van der Waals surface area contributed by atoms with Crippen molar-refractivity contribution >= 4 is 50.2 Å². The van der Waals surface area contributed by atoms with Crippen molar-refractivity contribution in [1.82, 2.24) is 0 Å². The Balaban J connectivity index is 2.39. The van der Waals surface area contributed by atoms with Crippen LogP contribution in [0.3, 0.4) is 0 Å². The lowest BCUT2D eigenvalue weighted by atomic mass is 10.3. The molecule has 0 unspecified atom stereocenters. The third kappa shape index (κ3) is 2.64. The Hall–Kier alpha value is -0.750. The predicted molar refractivity (Wildman–Crippen MR) is 76.4 cm³/mol. The highest BCUT2D eigenvalue weighted by molar-refractivity contribution is 7.94. The molecule has 0 amide bonds. The van der Waals surface area contributed by atoms with Crippen LogP contribution in [0, 0.1) is 0 Å². The van der Waals surface area contributed by atoms with Crippen molar-refractivity contribution in [2.45, 2.75) is 4.21 Å². The zero-order valence-corrected chi connectivity index (χ0v) is 12.4. The fourth-order valence-corrected chi connectivity index (χ4v) is 4.34. The first-order valence-corrected chi connectivity index (χ1v) is 7.92. The van der Waals surface area contributed by atoms with E-state index in [9.17, 15) is 8.42 Å². The maximum Gasteiger partial charge on any atom is 0.273 e. The van der Waals surface area contributed by atoms with Crippen LogP contribution in [0.4, 0.5) is 5.69 Å². The van der Waals surface area contributed by atoms with Crippen LogP contribution in [0.25, 0.3) is 0 Å². The van der Waals surface area contributed by atoms with Crippen LogP contribution < -0.4 is 4.31 Å². The quantitative estimate of drug-likeness (QED) is 0.860. The maximum atomic E-state index is 12.3. The first-order valence-electron chi connectivity index (χ1n) is 4.91. The monoisotopic (exact) mass is 321 g/mol. The van der Waals surface area contributed by atoms with E-state index in [0.717, 1.165) is 11.3 Å². The topological polar surface area (TPSA) is 37.4 Å². The molecule has 18 heavy (non-hydrogen) atoms. The van der Waals surface area contributed by atoms with Gasteiger partial charge in [0.05, 0.1) is 10.0 Å². The van der Waals surface area contributed by atoms with Gasteiger partial charge in [0.2, 0.25) is 0 Å². The molecule has 0 fully saturated rings. The molecule has 0 saturated heterocycles. The average molecular weight is 322 g/mol. The summed E-state index contributed by atoms with van der Waals surface area (Å²) in [4.78, 5) is 0. The van der Waals surface area contributed by atoms with Crippen molar-refractivity contribution in [3.8, 4) is 0 Å². The van der Waals surface area contributed by atoms with Gasteiger partial charge in [0.25, 0.3) is 10.0 Å². The minimum Gasteiger partial charge on any atom is -0.269 e. The number of benzene rings is 1. The van der Waals surface area contributed by atoms with E-state index in [0.29, 0.717) is 15.0 Å². The molecule has 0 bridgehead atoms. The highest BCUT2D eigenvalue weighted by Crippen LogP contribution is 2.30. The zero-order valence-electron chi connectivity index (χ0n) is 9.30. The van der Waals surface area contributed by atoms with E-state index in [-0.39, 0.29) is 4.21 Å². The molecule has 1 aromatic heterocycles. The minimum absolute atomic E-state index is 0.213. The molecule has 1 heterocycles. The molecule has 0 spiro atoms. The van der Waals surface area contributed by atoms with Crippen LogP contribution in [0.1, 0.15) is 0 Å². The zero-order chi connectivity index (χ0) is 13.3. The van der Waals surface area contributed by atoms with E-state index in [4.69, 9.17) is 23.2 Å². The van der Waals surface area contributed by atoms with Crippen molar-refractivity contribution in [2.75, 3.05) is 11.4 Å². The first kappa shape index (κ1) is 13.7. The summed E-state index contributed by atoms with van der Waals surface area (Å²) in [7, 11) is -2.07. The van der Waals surface area contributed by atoms with Crippen LogP contribution in [0.5, 0.6) is 0 Å². The fraction of sp³-hybridized carbons (Fsp3) is 0.0909. The molecular weight excluding hydrogens is 313 g/mol. The summed E-state index contributed by atoms with van der Waals surface area (Å²) in [6.07, 6.45) is 0. The van der Waals surface area contributed by atoms with E-state index in [2.05, 4.69) is 0 Å². The van der Waals surface area contributed by atoms with Crippen LogP contribution in [0.2, 0.25) is 9.36 Å². The molecular formula is C11H9Cl2NO2S2. The molecule has 96 valence electrons. The fourth-order valence-electron chi connectivity index (χ4n) is 1.36. The molecule has 0 aliphatic carbocycles. The van der Waals surface area contributed by atoms with Gasteiger partial charge in [0.1, 0.15) is 4.21 Å². The predicted octanol–water partition coefficient (Wildman–Crippen LogP) is 3.88. The number of halogens is 2. The van der Waals surface area contributed by atoms with Gasteiger partial charge in [0.15, 0.2) is 0 Å². The molecule has 2 rings (SSSR count). The van der Waals surface area contributed by atoms with Crippen molar-refractivity contribution in [3.63, 3.8) is 0 Å². The van der Waals surface area contributed by atoms with Crippen molar-refractivity contribution in [2.24, 2.45) is 0 Å². The lowest BCUT2D eigenvalue weighted by Crippen LogP contribution is -2.25. The van der Waals surface area contributed by atoms with Crippen molar-refractivity contribution in [1.29, 1.82) is 0 Å². The Morgan fingerprint density at radius 3 is 2.17 bits per heavy atom. The maximum absolute atomic E-state index is 12.3. The van der Waals surface area contributed by atoms with Crippen molar-refractivity contribution < 1.29 is 8.42 Å². The van der Waals surface area contributed by atoms with E-state index in [1.165, 1.54) is 17.4 Å². The summed E-state index contributed by atoms with van der Waals surface area (Å²) in [6.45, 7) is 0. The van der Waals surface area contributed by atoms with Crippen LogP contribution in [0.15, 0.2) is 40.6 Å². The SMILES string of the molecule is CN(c1ccc(Cl)cc1)S(=O)(=O)c1ccc(Cl)s1. The van der Waals surface area contributed by atoms with Gasteiger partial charge in [0, 0.05) is 12.1 Å². The van der Waals surface area contributed by atoms with Gasteiger partial charge < -0.3 is 0 Å². The van der Waals surface area contributed by atoms with E-state index >= 15 is 0 Å². The van der Waals surface area contributed by atoms with E-state index in [1.54, 1.807) is 30.3 Å². The van der Waals surface area contributed by atoms with Gasteiger partial charge in [-0.15, -0.1) is 11.3 Å². The number of rotatable bonds is 3. The molecule has 7 heteroatoms. The molecule has 1 aromatic carbocycles. The highest BCUT2D eigenvalue weighted by atomic mass is 35.5. The highest BCUT2D eigenvalue weighted by Gasteiger charge is 2.23. The smallest absolute Gasteiger partial charge is 0.269 e. The summed E-state index contributed by atoms with van der Waals surface area (Å²) in [5.41, 5.74) is 0.545. The van der Waals surface area contributed by atoms with Gasteiger partial charge in [-0.3, -0.25) is 4.31 Å². The normalized spacial score (nSPS) is 11.5. The van der Waals surface area contributed by atoms with Gasteiger partial charge in [-0.1, -0.05) is 23.2 Å². The van der Waals surface area contributed by atoms with E-state index < -0.39 is 10.0 Å². The second kappa shape index (κ2) is 5.09. The second-order valence-electron chi connectivity index (χ2n) is 3.51. The lowest BCUT2D eigenvalue weighted by Gasteiger charge is -2.18. The summed E-state index contributed by atoms with van der Waals surface area (Å²) in [6, 6.07) is 9.64. The van der Waals surface area contributed by atoms with Gasteiger partial charge in [-0.2, -0.15) is 0 Å². The number of sulfonamides is 1. The first-order chi connectivity index (χ1) is 8.41. The number of anilines is 1. The molecule has 0 atom stereocenters. The third-order valence-electron chi connectivity index (χ3n) is 2.35. The van der Waals surface area contributed by atoms with Gasteiger partial charge in [-0.25, -0.2) is 8.42 Å². The third-order valence-corrected chi connectivity index (χ3v) is 6.09. The molecule has 3 nitrogen and oxygen atoms in total. The summed E-state index contributed by atoms with van der Waals surface area (Å²) >= 11 is 12.6. The van der Waals surface area contributed by atoms with Crippen LogP contribution in [-0.4, -0.2) is 15.5 Å². The van der Waals surface area contributed by atoms with Gasteiger partial charge >= 0.3 is 0 Å². The Bertz CT molecular complexity index is 650. The Labute approximate surface area is 120 Å². The second-order valence-corrected chi connectivity index (χ2v) is 7.86. The van der Waals surface area contributed by atoms with Crippen LogP contribution in [-0.2, 0) is 10.0 Å². The summed E-state index contributed by atoms with van der Waals surface area (Å²) < 4.78 is 26.4. The number of hydrogen-bond donors (Lipinski definition) is 0. The summed E-state index contributed by atoms with van der Waals surface area (Å²) in [5.74, 6) is 0. The Morgan fingerprint density at radius 1 is 1.06 bits per heavy atom. The molecule has 0 aliphatic heterocycles. The molecule has 2 aromatic rings. The van der Waals surface area contributed by atoms with E-state index in [1.807, 2.05) is 0 Å². The number of hydrogen-bond acceptors (Lipinski definition) is 3. The lowest BCUT2D eigenvalue weighted by molar-refractivity contribution is 0.596. The minimum atomic E-state index is -3.56. The Morgan fingerprint density at radius 2 is 1.67 bits per heavy atom. The molecule has 0 aliphatic rings. The summed E-state index contributed by atoms with van der Waals surface area (Å²) in [5, 5.41) is 0.559. The van der Waals surface area contributed by atoms with Crippen molar-refractivity contribution in [3.05, 3.63) is 45.8 Å². The standard InChI is InChI=1S/C11H9Cl2NO2S2/c1-14(9-4-2-8(12)3-5-9)18(15,16)11-7-6-10(13)17-11/h2-7H,1H3. The number of thiophene rings is 1. The number of nitrogens with zero attached hydrogens (tertiary/aromatic N) is 1. The van der Waals surface area contributed by atoms with Gasteiger partial charge in [-0.05, 0) is 36.4 Å². The molecule has 0 saturated carbocycles. The largest absolute Gasteiger partial charge is 0.273 e. The molecule has 0 radical (unpaired) electrons. The Kier molecular flexibility index (Phi) is 3.87. The molecule has 0 N–H and O–H groups in total. The average Bonchev–Trinajstić information content (AvgIpc) is 2.76.